The molecule has 37 heavy (non-hydrogen) atoms. The van der Waals surface area contributed by atoms with Gasteiger partial charge >= 0.3 is 5.97 Å². The van der Waals surface area contributed by atoms with Crippen LogP contribution in [-0.2, 0) is 13.0 Å². The fourth-order valence-corrected chi connectivity index (χ4v) is 4.50. The third-order valence-corrected chi connectivity index (χ3v) is 6.34. The monoisotopic (exact) mass is 496 g/mol. The minimum absolute atomic E-state index is 0.0195. The van der Waals surface area contributed by atoms with Gasteiger partial charge in [-0.25, -0.2) is 14.8 Å². The van der Waals surface area contributed by atoms with E-state index in [-0.39, 0.29) is 41.0 Å². The van der Waals surface area contributed by atoms with Gasteiger partial charge in [-0.05, 0) is 60.2 Å². The number of hydrogen-bond donors (Lipinski definition) is 3. The minimum Gasteiger partial charge on any atom is -0.478 e. The van der Waals surface area contributed by atoms with Gasteiger partial charge in [0.05, 0.1) is 11.6 Å². The first-order chi connectivity index (χ1) is 17.9. The number of hydrogen-bond acceptors (Lipinski definition) is 8. The second-order valence-corrected chi connectivity index (χ2v) is 8.52. The van der Waals surface area contributed by atoms with Crippen molar-refractivity contribution >= 4 is 23.6 Å². The van der Waals surface area contributed by atoms with Gasteiger partial charge in [0.25, 0.3) is 17.6 Å². The molecule has 2 amide bonds. The summed E-state index contributed by atoms with van der Waals surface area (Å²) in [5.74, 6) is -1.91. The van der Waals surface area contributed by atoms with Crippen LogP contribution in [0.25, 0.3) is 5.78 Å². The maximum atomic E-state index is 13.3. The molecule has 0 saturated heterocycles. The summed E-state index contributed by atoms with van der Waals surface area (Å²) in [6.07, 6.45) is 3.97. The number of carboxylic acid groups (broad SMARTS) is 1. The number of pyridine rings is 1. The first kappa shape index (κ1) is 23.6. The number of fused-ring (bicyclic) bond motifs is 2. The Morgan fingerprint density at radius 2 is 2.03 bits per heavy atom. The van der Waals surface area contributed by atoms with Crippen LogP contribution < -0.4 is 10.6 Å². The fraction of sp³-hybridized carbons (Fsp3) is 0.200. The van der Waals surface area contributed by atoms with Crippen molar-refractivity contribution in [2.75, 3.05) is 0 Å². The molecular formula is C25H20N8O4. The van der Waals surface area contributed by atoms with Crippen molar-refractivity contribution in [2.45, 2.75) is 32.4 Å². The minimum atomic E-state index is -0.988. The molecule has 5 rings (SSSR count). The number of carbonyl (C=O) groups is 3. The van der Waals surface area contributed by atoms with Gasteiger partial charge in [0.2, 0.25) is 0 Å². The molecule has 12 heteroatoms. The molecule has 1 aromatic carbocycles. The van der Waals surface area contributed by atoms with E-state index in [0.29, 0.717) is 24.0 Å². The highest BCUT2D eigenvalue weighted by Crippen LogP contribution is 2.34. The van der Waals surface area contributed by atoms with Crippen LogP contribution in [0.4, 0.5) is 0 Å². The molecule has 0 aliphatic heterocycles. The van der Waals surface area contributed by atoms with E-state index >= 15 is 0 Å². The maximum Gasteiger partial charge on any atom is 0.335 e. The Labute approximate surface area is 210 Å². The first-order valence-electron chi connectivity index (χ1n) is 11.4. The predicted octanol–water partition coefficient (Wildman–Crippen LogP) is 1.74. The zero-order valence-corrected chi connectivity index (χ0v) is 19.6. The number of carbonyl (C=O) groups excluding carboxylic acids is 2. The first-order valence-corrected chi connectivity index (χ1v) is 11.4. The van der Waals surface area contributed by atoms with Gasteiger partial charge in [0.15, 0.2) is 0 Å². The van der Waals surface area contributed by atoms with E-state index in [0.717, 1.165) is 11.1 Å². The summed E-state index contributed by atoms with van der Waals surface area (Å²) in [7, 11) is 0. The molecule has 0 radical (unpaired) electrons. The molecule has 4 aromatic rings. The smallest absolute Gasteiger partial charge is 0.335 e. The maximum absolute atomic E-state index is 13.3. The molecule has 0 bridgehead atoms. The van der Waals surface area contributed by atoms with Gasteiger partial charge in [0.1, 0.15) is 29.5 Å². The van der Waals surface area contributed by atoms with Gasteiger partial charge in [-0.3, -0.25) is 9.59 Å². The number of aromatic carboxylic acids is 1. The molecule has 0 unspecified atom stereocenters. The van der Waals surface area contributed by atoms with E-state index in [9.17, 15) is 19.5 Å². The van der Waals surface area contributed by atoms with Gasteiger partial charge in [-0.2, -0.15) is 19.9 Å². The average Bonchev–Trinajstić information content (AvgIpc) is 3.54. The van der Waals surface area contributed by atoms with Crippen molar-refractivity contribution in [3.8, 4) is 6.07 Å². The zero-order chi connectivity index (χ0) is 26.1. The second-order valence-electron chi connectivity index (χ2n) is 8.52. The van der Waals surface area contributed by atoms with Crippen LogP contribution in [-0.4, -0.2) is 47.5 Å². The number of rotatable bonds is 6. The highest BCUT2D eigenvalue weighted by atomic mass is 16.4. The Hall–Kier alpha value is -5.18. The van der Waals surface area contributed by atoms with Crippen molar-refractivity contribution < 1.29 is 19.5 Å². The molecule has 1 aliphatic carbocycles. The summed E-state index contributed by atoms with van der Waals surface area (Å²) in [4.78, 5) is 49.8. The quantitative estimate of drug-likeness (QED) is 0.359. The number of nitrogens with zero attached hydrogens (tertiary/aromatic N) is 6. The number of nitrogens with one attached hydrogen (secondary N) is 2. The van der Waals surface area contributed by atoms with Crippen molar-refractivity contribution in [1.29, 1.82) is 5.26 Å². The summed E-state index contributed by atoms with van der Waals surface area (Å²) in [6, 6.07) is 9.49. The van der Waals surface area contributed by atoms with Crippen molar-refractivity contribution in [2.24, 2.45) is 0 Å². The lowest BCUT2D eigenvalue weighted by Gasteiger charge is -2.16. The van der Waals surface area contributed by atoms with Gasteiger partial charge < -0.3 is 15.7 Å². The van der Waals surface area contributed by atoms with Crippen LogP contribution in [0.3, 0.4) is 0 Å². The molecule has 12 nitrogen and oxygen atoms in total. The SMILES string of the molecule is Cc1c(C(=O)O)ccc2c1CC[C@@H]2NC(=O)c1cc(C(=O)NCc2ccnc(C#N)c2)nc2ncnn12. The fourth-order valence-electron chi connectivity index (χ4n) is 4.50. The molecule has 1 aliphatic rings. The normalized spacial score (nSPS) is 14.1. The Bertz CT molecular complexity index is 1620. The highest BCUT2D eigenvalue weighted by Gasteiger charge is 2.29. The van der Waals surface area contributed by atoms with E-state index in [1.807, 2.05) is 6.07 Å². The van der Waals surface area contributed by atoms with Gasteiger partial charge in [-0.1, -0.05) is 6.07 Å². The van der Waals surface area contributed by atoms with E-state index < -0.39 is 17.8 Å². The number of aromatic nitrogens is 5. The number of nitriles is 1. The zero-order valence-electron chi connectivity index (χ0n) is 19.6. The van der Waals surface area contributed by atoms with Crippen LogP contribution in [0.15, 0.2) is 42.9 Å². The third kappa shape index (κ3) is 4.45. The summed E-state index contributed by atoms with van der Waals surface area (Å²) < 4.78 is 1.25. The highest BCUT2D eigenvalue weighted by molar-refractivity contribution is 5.98. The topological polar surface area (TPSA) is 175 Å². The van der Waals surface area contributed by atoms with Crippen molar-refractivity contribution in [3.63, 3.8) is 0 Å². The largest absolute Gasteiger partial charge is 0.478 e. The second kappa shape index (κ2) is 9.46. The molecule has 0 fully saturated rings. The molecule has 3 aromatic heterocycles. The Morgan fingerprint density at radius 3 is 2.81 bits per heavy atom. The molecular weight excluding hydrogens is 476 g/mol. The molecule has 3 N–H and O–H groups in total. The Morgan fingerprint density at radius 1 is 1.19 bits per heavy atom. The van der Waals surface area contributed by atoms with E-state index in [4.69, 9.17) is 5.26 Å². The van der Waals surface area contributed by atoms with Crippen molar-refractivity contribution in [3.05, 3.63) is 87.8 Å². The van der Waals surface area contributed by atoms with Crippen LogP contribution >= 0.6 is 0 Å². The molecule has 0 saturated carbocycles. The molecule has 3 heterocycles. The van der Waals surface area contributed by atoms with Gasteiger partial charge in [0, 0.05) is 18.8 Å². The lowest BCUT2D eigenvalue weighted by Crippen LogP contribution is -2.30. The predicted molar refractivity (Wildman–Crippen MR) is 128 cm³/mol. The van der Waals surface area contributed by atoms with Crippen LogP contribution in [0, 0.1) is 18.3 Å². The number of carboxylic acids is 1. The van der Waals surface area contributed by atoms with Crippen LogP contribution in [0.5, 0.6) is 0 Å². The van der Waals surface area contributed by atoms with E-state index in [2.05, 4.69) is 30.7 Å². The summed E-state index contributed by atoms with van der Waals surface area (Å²) in [5, 5.41) is 28.2. The van der Waals surface area contributed by atoms with Gasteiger partial charge in [-0.15, -0.1) is 0 Å². The summed E-state index contributed by atoms with van der Waals surface area (Å²) >= 11 is 0. The van der Waals surface area contributed by atoms with Crippen LogP contribution in [0.2, 0.25) is 0 Å². The lowest BCUT2D eigenvalue weighted by atomic mass is 9.98. The molecule has 184 valence electrons. The molecule has 0 spiro atoms. The summed E-state index contributed by atoms with van der Waals surface area (Å²) in [6.45, 7) is 1.90. The van der Waals surface area contributed by atoms with E-state index in [1.165, 1.54) is 23.1 Å². The lowest BCUT2D eigenvalue weighted by molar-refractivity contribution is 0.0695. The number of benzene rings is 1. The Kier molecular flexibility index (Phi) is 6.02. The molecule has 1 atom stereocenters. The standard InChI is InChI=1S/C25H20N8O4/c1-13-16-4-5-19(18(16)3-2-17(13)24(36)37)31-23(35)21-9-20(32-25-29-12-30-33(21)25)22(34)28-11-14-6-7-27-15(8-14)10-26/h2-3,6-9,12,19H,4-5,11H2,1H3,(H,28,34)(H,31,35)(H,36,37)/t19-/m0/s1. The third-order valence-electron chi connectivity index (χ3n) is 6.34. The van der Waals surface area contributed by atoms with Crippen LogP contribution in [0.1, 0.15) is 71.7 Å². The average molecular weight is 496 g/mol. The van der Waals surface area contributed by atoms with Crippen molar-refractivity contribution in [1.82, 2.24) is 35.2 Å². The number of amides is 2. The van der Waals surface area contributed by atoms with E-state index in [1.54, 1.807) is 31.2 Å². The Balaban J connectivity index is 1.38. The summed E-state index contributed by atoms with van der Waals surface area (Å²) in [5.41, 5.74) is 3.70.